The fraction of sp³-hybridized carbons (Fsp3) is 0.0185. The van der Waals surface area contributed by atoms with Gasteiger partial charge in [0, 0.05) is 23.1 Å². The highest BCUT2D eigenvalue weighted by molar-refractivity contribution is 6.09. The van der Waals surface area contributed by atoms with Crippen molar-refractivity contribution in [3.8, 4) is 78.7 Å². The molecule has 0 N–H and O–H groups in total. The fourth-order valence-electron chi connectivity index (χ4n) is 8.63. The van der Waals surface area contributed by atoms with Gasteiger partial charge in [-0.2, -0.15) is 0 Å². The highest BCUT2D eigenvalue weighted by atomic mass is 15.0. The van der Waals surface area contributed by atoms with Crippen LogP contribution in [-0.4, -0.2) is 15.0 Å². The Morgan fingerprint density at radius 2 is 0.807 bits per heavy atom. The molecule has 0 amide bonds. The van der Waals surface area contributed by atoms with E-state index < -0.39 is 0 Å². The van der Waals surface area contributed by atoms with E-state index in [2.05, 4.69) is 164 Å². The first kappa shape index (κ1) is 32.9. The van der Waals surface area contributed by atoms with Crippen LogP contribution in [0.3, 0.4) is 0 Å². The molecule has 0 saturated carbocycles. The van der Waals surface area contributed by atoms with Gasteiger partial charge in [-0.15, -0.1) is 0 Å². The van der Waals surface area contributed by atoms with Crippen molar-refractivity contribution < 1.29 is 0 Å². The van der Waals surface area contributed by atoms with Crippen molar-refractivity contribution in [2.75, 3.05) is 0 Å². The van der Waals surface area contributed by atoms with Crippen molar-refractivity contribution in [3.05, 3.63) is 211 Å². The molecule has 0 unspecified atom stereocenters. The van der Waals surface area contributed by atoms with E-state index in [9.17, 15) is 0 Å². The standard InChI is InChI=1S/C54H35N3/c1-5-15-35(16-6-1)42-32-47(36-17-7-2-8-18-36)48-34-50-46(54-56-52(38-20-9-3-10-21-38)55-53(57-54)39-22-11-4-12-23-39)30-29-45(51(50)49(48)33-42)41-27-28-44-40(31-41)26-25-37-19-13-14-24-43(37)44/h1-33H,34H2. The number of hydrogen-bond donors (Lipinski definition) is 0. The first-order chi connectivity index (χ1) is 28.2. The van der Waals surface area contributed by atoms with Gasteiger partial charge in [0.2, 0.25) is 0 Å². The molecule has 9 aromatic carbocycles. The van der Waals surface area contributed by atoms with E-state index in [0.29, 0.717) is 17.5 Å². The maximum absolute atomic E-state index is 5.24. The molecule has 0 atom stereocenters. The summed E-state index contributed by atoms with van der Waals surface area (Å²) in [6.07, 6.45) is 0.748. The molecule has 1 aromatic heterocycles. The summed E-state index contributed by atoms with van der Waals surface area (Å²) in [5.74, 6) is 1.99. The zero-order valence-electron chi connectivity index (χ0n) is 31.1. The number of hydrogen-bond acceptors (Lipinski definition) is 3. The predicted octanol–water partition coefficient (Wildman–Crippen LogP) is 13.8. The lowest BCUT2D eigenvalue weighted by molar-refractivity contribution is 1.07. The van der Waals surface area contributed by atoms with Gasteiger partial charge >= 0.3 is 0 Å². The molecule has 0 saturated heterocycles. The van der Waals surface area contributed by atoms with E-state index >= 15 is 0 Å². The third-order valence-corrected chi connectivity index (χ3v) is 11.4. The number of aromatic nitrogens is 3. The molecule has 0 radical (unpaired) electrons. The van der Waals surface area contributed by atoms with Gasteiger partial charge in [0.15, 0.2) is 17.5 Å². The molecule has 1 aliphatic rings. The Balaban J connectivity index is 1.19. The van der Waals surface area contributed by atoms with Gasteiger partial charge in [-0.05, 0) is 95.4 Å². The van der Waals surface area contributed by atoms with E-state index in [1.165, 1.54) is 77.2 Å². The minimum atomic E-state index is 0.658. The van der Waals surface area contributed by atoms with Crippen molar-refractivity contribution in [2.24, 2.45) is 0 Å². The lowest BCUT2D eigenvalue weighted by atomic mass is 9.88. The zero-order valence-corrected chi connectivity index (χ0v) is 31.1. The van der Waals surface area contributed by atoms with E-state index in [-0.39, 0.29) is 0 Å². The van der Waals surface area contributed by atoms with Gasteiger partial charge in [0.25, 0.3) is 0 Å². The first-order valence-corrected chi connectivity index (χ1v) is 19.5. The Hall–Kier alpha value is -7.49. The summed E-state index contributed by atoms with van der Waals surface area (Å²) in [7, 11) is 0. The highest BCUT2D eigenvalue weighted by Gasteiger charge is 2.30. The van der Waals surface area contributed by atoms with Crippen LogP contribution in [-0.2, 0) is 6.42 Å². The maximum atomic E-state index is 5.24. The monoisotopic (exact) mass is 725 g/mol. The van der Waals surface area contributed by atoms with Crippen LogP contribution in [0.4, 0.5) is 0 Å². The minimum Gasteiger partial charge on any atom is -0.208 e. The average molecular weight is 726 g/mol. The molecule has 3 heteroatoms. The van der Waals surface area contributed by atoms with E-state index in [4.69, 9.17) is 15.0 Å². The summed E-state index contributed by atoms with van der Waals surface area (Å²) in [6, 6.07) is 71.4. The fourth-order valence-corrected chi connectivity index (χ4v) is 8.63. The largest absolute Gasteiger partial charge is 0.208 e. The van der Waals surface area contributed by atoms with Crippen molar-refractivity contribution >= 4 is 21.5 Å². The van der Waals surface area contributed by atoms with Crippen LogP contribution in [0.1, 0.15) is 11.1 Å². The van der Waals surface area contributed by atoms with Gasteiger partial charge in [0.05, 0.1) is 0 Å². The van der Waals surface area contributed by atoms with E-state index in [1.807, 2.05) is 36.4 Å². The van der Waals surface area contributed by atoms with Crippen LogP contribution in [0, 0.1) is 0 Å². The quantitative estimate of drug-likeness (QED) is 0.160. The number of rotatable bonds is 6. The Morgan fingerprint density at radius 1 is 0.281 bits per heavy atom. The molecule has 0 aliphatic heterocycles. The number of nitrogens with zero attached hydrogens (tertiary/aromatic N) is 3. The van der Waals surface area contributed by atoms with E-state index in [0.717, 1.165) is 23.1 Å². The molecule has 1 heterocycles. The molecular formula is C54H35N3. The third-order valence-electron chi connectivity index (χ3n) is 11.4. The van der Waals surface area contributed by atoms with Crippen molar-refractivity contribution in [1.82, 2.24) is 15.0 Å². The second-order valence-corrected chi connectivity index (χ2v) is 14.7. The molecule has 266 valence electrons. The molecule has 10 aromatic rings. The molecule has 3 nitrogen and oxygen atoms in total. The minimum absolute atomic E-state index is 0.658. The van der Waals surface area contributed by atoms with Gasteiger partial charge in [-0.3, -0.25) is 0 Å². The first-order valence-electron chi connectivity index (χ1n) is 19.5. The number of benzene rings is 9. The normalized spacial score (nSPS) is 11.8. The lowest BCUT2D eigenvalue weighted by Gasteiger charge is -2.17. The van der Waals surface area contributed by atoms with Gasteiger partial charge < -0.3 is 0 Å². The van der Waals surface area contributed by atoms with Crippen LogP contribution in [0.2, 0.25) is 0 Å². The topological polar surface area (TPSA) is 38.7 Å². The second kappa shape index (κ2) is 13.7. The molecule has 1 aliphatic carbocycles. The van der Waals surface area contributed by atoms with Crippen molar-refractivity contribution in [3.63, 3.8) is 0 Å². The van der Waals surface area contributed by atoms with Crippen LogP contribution < -0.4 is 0 Å². The van der Waals surface area contributed by atoms with Gasteiger partial charge in [-0.1, -0.05) is 182 Å². The average Bonchev–Trinajstić information content (AvgIpc) is 3.69. The maximum Gasteiger partial charge on any atom is 0.164 e. The van der Waals surface area contributed by atoms with E-state index in [1.54, 1.807) is 0 Å². The van der Waals surface area contributed by atoms with Crippen LogP contribution >= 0.6 is 0 Å². The summed E-state index contributed by atoms with van der Waals surface area (Å²) in [5.41, 5.74) is 15.2. The summed E-state index contributed by atoms with van der Waals surface area (Å²) < 4.78 is 0. The Morgan fingerprint density at radius 3 is 1.49 bits per heavy atom. The SMILES string of the molecule is c1ccc(-c2cc(-c3ccccc3)c3c(c2)-c2c(-c4ccc5c(ccc6ccccc65)c4)ccc(-c4nc(-c5ccccc5)nc(-c5ccccc5)n4)c2C3)cc1. The highest BCUT2D eigenvalue weighted by Crippen LogP contribution is 2.51. The Bertz CT molecular complexity index is 3060. The summed E-state index contributed by atoms with van der Waals surface area (Å²) in [5, 5.41) is 5.00. The second-order valence-electron chi connectivity index (χ2n) is 14.7. The molecule has 11 rings (SSSR count). The predicted molar refractivity (Wildman–Crippen MR) is 236 cm³/mol. The third kappa shape index (κ3) is 5.80. The summed E-state index contributed by atoms with van der Waals surface area (Å²) >= 11 is 0. The zero-order chi connectivity index (χ0) is 37.7. The molecule has 0 spiro atoms. The van der Waals surface area contributed by atoms with Crippen LogP contribution in [0.25, 0.3) is 100 Å². The Kier molecular flexibility index (Phi) is 7.89. The molecule has 0 fully saturated rings. The van der Waals surface area contributed by atoms with Crippen molar-refractivity contribution in [1.29, 1.82) is 0 Å². The summed E-state index contributed by atoms with van der Waals surface area (Å²) in [4.78, 5) is 15.5. The smallest absolute Gasteiger partial charge is 0.164 e. The Labute approximate surface area is 331 Å². The molecule has 57 heavy (non-hydrogen) atoms. The lowest BCUT2D eigenvalue weighted by Crippen LogP contribution is -2.02. The number of fused-ring (bicyclic) bond motifs is 6. The van der Waals surface area contributed by atoms with Crippen LogP contribution in [0.5, 0.6) is 0 Å². The summed E-state index contributed by atoms with van der Waals surface area (Å²) in [6.45, 7) is 0. The van der Waals surface area contributed by atoms with Crippen LogP contribution in [0.15, 0.2) is 200 Å². The molecule has 0 bridgehead atoms. The van der Waals surface area contributed by atoms with Crippen molar-refractivity contribution in [2.45, 2.75) is 6.42 Å². The van der Waals surface area contributed by atoms with Gasteiger partial charge in [0.1, 0.15) is 0 Å². The van der Waals surface area contributed by atoms with Gasteiger partial charge in [-0.25, -0.2) is 15.0 Å². The molecular weight excluding hydrogens is 691 g/mol.